The van der Waals surface area contributed by atoms with Gasteiger partial charge in [0.05, 0.1) is 6.61 Å². The summed E-state index contributed by atoms with van der Waals surface area (Å²) >= 11 is 0. The Morgan fingerprint density at radius 3 is 2.80 bits per heavy atom. The number of benzene rings is 1. The van der Waals surface area contributed by atoms with Gasteiger partial charge >= 0.3 is 0 Å². The van der Waals surface area contributed by atoms with Crippen molar-refractivity contribution in [2.75, 3.05) is 13.2 Å². The second-order valence-electron chi connectivity index (χ2n) is 3.57. The highest BCUT2D eigenvalue weighted by molar-refractivity contribution is 5.29. The van der Waals surface area contributed by atoms with Crippen molar-refractivity contribution in [3.63, 3.8) is 0 Å². The summed E-state index contributed by atoms with van der Waals surface area (Å²) in [4.78, 5) is 0. The largest absolute Gasteiger partial charge is 0.491 e. The van der Waals surface area contributed by atoms with Crippen LogP contribution in [0, 0.1) is 12.7 Å². The van der Waals surface area contributed by atoms with Gasteiger partial charge in [0.1, 0.15) is 0 Å². The summed E-state index contributed by atoms with van der Waals surface area (Å²) in [5, 5.41) is 8.56. The fourth-order valence-electron chi connectivity index (χ4n) is 1.29. The van der Waals surface area contributed by atoms with Crippen LogP contribution in [-0.4, -0.2) is 18.3 Å². The van der Waals surface area contributed by atoms with E-state index in [9.17, 15) is 4.39 Å². The molecule has 0 saturated carbocycles. The van der Waals surface area contributed by atoms with Crippen molar-refractivity contribution >= 4 is 0 Å². The zero-order valence-corrected chi connectivity index (χ0v) is 9.00. The topological polar surface area (TPSA) is 29.5 Å². The molecule has 1 N–H and O–H groups in total. The summed E-state index contributed by atoms with van der Waals surface area (Å²) < 4.78 is 18.5. The summed E-state index contributed by atoms with van der Waals surface area (Å²) in [6.07, 6.45) is 2.53. The lowest BCUT2D eigenvalue weighted by atomic mass is 10.2. The van der Waals surface area contributed by atoms with Crippen molar-refractivity contribution in [2.24, 2.45) is 0 Å². The van der Waals surface area contributed by atoms with E-state index < -0.39 is 0 Å². The summed E-state index contributed by atoms with van der Waals surface area (Å²) in [6.45, 7) is 2.61. The average molecular weight is 212 g/mol. The third-order valence-electron chi connectivity index (χ3n) is 2.15. The van der Waals surface area contributed by atoms with Crippen LogP contribution in [0.15, 0.2) is 18.2 Å². The van der Waals surface area contributed by atoms with E-state index >= 15 is 0 Å². The van der Waals surface area contributed by atoms with Crippen LogP contribution in [0.2, 0.25) is 0 Å². The Balaban J connectivity index is 2.33. The first kappa shape index (κ1) is 12.0. The maximum Gasteiger partial charge on any atom is 0.165 e. The van der Waals surface area contributed by atoms with E-state index in [1.807, 2.05) is 6.92 Å². The monoisotopic (exact) mass is 212 g/mol. The molecule has 84 valence electrons. The van der Waals surface area contributed by atoms with Crippen LogP contribution >= 0.6 is 0 Å². The van der Waals surface area contributed by atoms with Gasteiger partial charge in [-0.25, -0.2) is 4.39 Å². The molecule has 15 heavy (non-hydrogen) atoms. The van der Waals surface area contributed by atoms with Gasteiger partial charge in [0.25, 0.3) is 0 Å². The molecule has 0 heterocycles. The Hall–Kier alpha value is -1.09. The van der Waals surface area contributed by atoms with Gasteiger partial charge in [-0.1, -0.05) is 6.07 Å². The Morgan fingerprint density at radius 1 is 1.27 bits per heavy atom. The molecule has 0 aliphatic rings. The minimum atomic E-state index is -0.317. The lowest BCUT2D eigenvalue weighted by Crippen LogP contribution is -2.00. The molecule has 0 aliphatic carbocycles. The van der Waals surface area contributed by atoms with Crippen LogP contribution < -0.4 is 4.74 Å². The molecule has 1 rings (SSSR count). The number of aliphatic hydroxyl groups excluding tert-OH is 1. The number of unbranched alkanes of at least 4 members (excludes halogenated alkanes) is 2. The SMILES string of the molecule is Cc1ccc(F)c(OCCCCCO)c1. The summed E-state index contributed by atoms with van der Waals surface area (Å²) in [5.41, 5.74) is 0.988. The average Bonchev–Trinajstić information content (AvgIpc) is 2.23. The smallest absolute Gasteiger partial charge is 0.165 e. The Morgan fingerprint density at radius 2 is 2.07 bits per heavy atom. The van der Waals surface area contributed by atoms with Gasteiger partial charge in [-0.05, 0) is 43.9 Å². The predicted molar refractivity (Wildman–Crippen MR) is 57.6 cm³/mol. The van der Waals surface area contributed by atoms with E-state index in [0.29, 0.717) is 12.4 Å². The zero-order chi connectivity index (χ0) is 11.1. The maximum absolute atomic E-state index is 13.2. The number of halogens is 1. The second kappa shape index (κ2) is 6.40. The maximum atomic E-state index is 13.2. The second-order valence-corrected chi connectivity index (χ2v) is 3.57. The van der Waals surface area contributed by atoms with Crippen LogP contribution in [-0.2, 0) is 0 Å². The first-order valence-corrected chi connectivity index (χ1v) is 5.24. The quantitative estimate of drug-likeness (QED) is 0.734. The van der Waals surface area contributed by atoms with Crippen LogP contribution in [0.25, 0.3) is 0 Å². The zero-order valence-electron chi connectivity index (χ0n) is 9.00. The molecule has 3 heteroatoms. The standard InChI is InChI=1S/C12H17FO2/c1-10-5-6-11(13)12(9-10)15-8-4-2-3-7-14/h5-6,9,14H,2-4,7-8H2,1H3. The van der Waals surface area contributed by atoms with Gasteiger partial charge in [-0.2, -0.15) is 0 Å². The minimum absolute atomic E-state index is 0.207. The van der Waals surface area contributed by atoms with Crippen molar-refractivity contribution in [1.82, 2.24) is 0 Å². The van der Waals surface area contributed by atoms with E-state index in [1.54, 1.807) is 12.1 Å². The predicted octanol–water partition coefficient (Wildman–Crippen LogP) is 2.68. The van der Waals surface area contributed by atoms with Crippen molar-refractivity contribution in [3.05, 3.63) is 29.6 Å². The molecule has 2 nitrogen and oxygen atoms in total. The molecule has 0 atom stereocenters. The number of aliphatic hydroxyl groups is 1. The molecule has 0 saturated heterocycles. The first-order valence-electron chi connectivity index (χ1n) is 5.24. The normalized spacial score (nSPS) is 10.3. The molecule has 1 aromatic rings. The summed E-state index contributed by atoms with van der Waals surface area (Å²) in [7, 11) is 0. The number of rotatable bonds is 6. The van der Waals surface area contributed by atoms with Gasteiger partial charge in [-0.3, -0.25) is 0 Å². The lowest BCUT2D eigenvalue weighted by Gasteiger charge is -2.07. The van der Waals surface area contributed by atoms with Crippen molar-refractivity contribution in [2.45, 2.75) is 26.2 Å². The molecule has 1 aromatic carbocycles. The van der Waals surface area contributed by atoms with Crippen LogP contribution in [0.1, 0.15) is 24.8 Å². The lowest BCUT2D eigenvalue weighted by molar-refractivity contribution is 0.261. The molecular weight excluding hydrogens is 195 g/mol. The van der Waals surface area contributed by atoms with Gasteiger partial charge in [0, 0.05) is 6.61 Å². The van der Waals surface area contributed by atoms with E-state index in [4.69, 9.17) is 9.84 Å². The van der Waals surface area contributed by atoms with E-state index in [0.717, 1.165) is 24.8 Å². The molecule has 0 spiro atoms. The highest BCUT2D eigenvalue weighted by atomic mass is 19.1. The van der Waals surface area contributed by atoms with Crippen molar-refractivity contribution in [3.8, 4) is 5.75 Å². The first-order chi connectivity index (χ1) is 7.24. The highest BCUT2D eigenvalue weighted by Crippen LogP contribution is 2.18. The van der Waals surface area contributed by atoms with E-state index in [1.165, 1.54) is 6.07 Å². The van der Waals surface area contributed by atoms with Gasteiger partial charge in [-0.15, -0.1) is 0 Å². The number of hydrogen-bond donors (Lipinski definition) is 1. The molecular formula is C12H17FO2. The highest BCUT2D eigenvalue weighted by Gasteiger charge is 2.02. The number of aryl methyl sites for hydroxylation is 1. The third-order valence-corrected chi connectivity index (χ3v) is 2.15. The molecule has 0 unspecified atom stereocenters. The van der Waals surface area contributed by atoms with Crippen LogP contribution in [0.5, 0.6) is 5.75 Å². The van der Waals surface area contributed by atoms with E-state index in [-0.39, 0.29) is 12.4 Å². The number of hydrogen-bond acceptors (Lipinski definition) is 2. The molecule has 0 amide bonds. The fourth-order valence-corrected chi connectivity index (χ4v) is 1.29. The fraction of sp³-hybridized carbons (Fsp3) is 0.500. The summed E-state index contributed by atoms with van der Waals surface area (Å²) in [5.74, 6) is 0.00163. The summed E-state index contributed by atoms with van der Waals surface area (Å²) in [6, 6.07) is 4.83. The van der Waals surface area contributed by atoms with Crippen LogP contribution in [0.4, 0.5) is 4.39 Å². The van der Waals surface area contributed by atoms with Gasteiger partial charge < -0.3 is 9.84 Å². The third kappa shape index (κ3) is 4.30. The molecule has 0 aromatic heterocycles. The van der Waals surface area contributed by atoms with Crippen molar-refractivity contribution in [1.29, 1.82) is 0 Å². The minimum Gasteiger partial charge on any atom is -0.491 e. The molecule has 0 radical (unpaired) electrons. The van der Waals surface area contributed by atoms with E-state index in [2.05, 4.69) is 0 Å². The molecule has 0 fully saturated rings. The van der Waals surface area contributed by atoms with Crippen molar-refractivity contribution < 1.29 is 14.2 Å². The number of ether oxygens (including phenoxy) is 1. The van der Waals surface area contributed by atoms with Crippen LogP contribution in [0.3, 0.4) is 0 Å². The molecule has 0 bridgehead atoms. The Kier molecular flexibility index (Phi) is 5.12. The molecule has 0 aliphatic heterocycles. The Bertz CT molecular complexity index is 300. The van der Waals surface area contributed by atoms with Gasteiger partial charge in [0.2, 0.25) is 0 Å². The van der Waals surface area contributed by atoms with Gasteiger partial charge in [0.15, 0.2) is 11.6 Å². The Labute approximate surface area is 89.7 Å².